The second-order valence-corrected chi connectivity index (χ2v) is 4.21. The Labute approximate surface area is 108 Å². The number of halogens is 1. The van der Waals surface area contributed by atoms with Crippen molar-refractivity contribution in [2.75, 3.05) is 0 Å². The average Bonchev–Trinajstić information content (AvgIpc) is 2.28. The number of amides is 1. The van der Waals surface area contributed by atoms with Crippen molar-refractivity contribution in [3.8, 4) is 0 Å². The van der Waals surface area contributed by atoms with Crippen molar-refractivity contribution in [3.63, 3.8) is 0 Å². The molecule has 0 saturated heterocycles. The van der Waals surface area contributed by atoms with E-state index in [0.29, 0.717) is 10.9 Å². The summed E-state index contributed by atoms with van der Waals surface area (Å²) in [5.74, 6) is -0.237. The summed E-state index contributed by atoms with van der Waals surface area (Å²) in [5.41, 5.74) is 10.9. The monoisotopic (exact) mass is 296 g/mol. The van der Waals surface area contributed by atoms with Gasteiger partial charge in [0.25, 0.3) is 5.91 Å². The zero-order valence-corrected chi connectivity index (χ0v) is 11.2. The molecule has 1 aromatic carbocycles. The molecule has 6 heteroatoms. The first-order valence-corrected chi connectivity index (χ1v) is 6.21. The first-order valence-electron chi connectivity index (χ1n) is 5.09. The summed E-state index contributed by atoms with van der Waals surface area (Å²) in [6.45, 7) is 3.59. The van der Waals surface area contributed by atoms with Gasteiger partial charge in [0, 0.05) is 15.8 Å². The molecular formula is C11H13BrN4O. The molecule has 1 rings (SSSR count). The molecule has 1 amide bonds. The van der Waals surface area contributed by atoms with E-state index in [1.807, 2.05) is 19.1 Å². The molecule has 1 unspecified atom stereocenters. The SMILES string of the molecule is Cc1ccc(C(=O)NC(C)N=[N+]=[N-])c(CBr)c1. The molecule has 0 aliphatic rings. The fraction of sp³-hybridized carbons (Fsp3) is 0.364. The number of alkyl halides is 1. The van der Waals surface area contributed by atoms with Crippen molar-refractivity contribution in [1.29, 1.82) is 0 Å². The maximum Gasteiger partial charge on any atom is 0.251 e. The van der Waals surface area contributed by atoms with Gasteiger partial charge in [0.15, 0.2) is 0 Å². The molecule has 0 bridgehead atoms. The van der Waals surface area contributed by atoms with Crippen molar-refractivity contribution < 1.29 is 4.79 Å². The van der Waals surface area contributed by atoms with Gasteiger partial charge in [-0.2, -0.15) is 0 Å². The largest absolute Gasteiger partial charge is 0.344 e. The molecule has 17 heavy (non-hydrogen) atoms. The molecule has 0 saturated carbocycles. The molecule has 1 atom stereocenters. The Morgan fingerprint density at radius 1 is 1.65 bits per heavy atom. The fourth-order valence-electron chi connectivity index (χ4n) is 1.43. The van der Waals surface area contributed by atoms with E-state index in [0.717, 1.165) is 11.1 Å². The number of carbonyl (C=O) groups is 1. The third kappa shape index (κ3) is 3.76. The lowest BCUT2D eigenvalue weighted by molar-refractivity contribution is 0.0940. The molecule has 0 spiro atoms. The first-order chi connectivity index (χ1) is 8.08. The van der Waals surface area contributed by atoms with Crippen LogP contribution in [0.5, 0.6) is 0 Å². The van der Waals surface area contributed by atoms with Crippen molar-refractivity contribution in [2.45, 2.75) is 25.3 Å². The van der Waals surface area contributed by atoms with Crippen LogP contribution in [0.25, 0.3) is 10.4 Å². The minimum atomic E-state index is -0.558. The molecule has 0 radical (unpaired) electrons. The van der Waals surface area contributed by atoms with E-state index >= 15 is 0 Å². The van der Waals surface area contributed by atoms with Gasteiger partial charge in [-0.3, -0.25) is 4.79 Å². The Morgan fingerprint density at radius 2 is 2.35 bits per heavy atom. The molecule has 1 N–H and O–H groups in total. The number of hydrogen-bond donors (Lipinski definition) is 1. The highest BCUT2D eigenvalue weighted by Gasteiger charge is 2.12. The standard InChI is InChI=1S/C11H13BrN4O/c1-7-3-4-10(9(5-7)6-12)11(17)14-8(2)15-16-13/h3-5,8H,6H2,1-2H3,(H,14,17). The van der Waals surface area contributed by atoms with Crippen molar-refractivity contribution in [1.82, 2.24) is 5.32 Å². The molecule has 0 aliphatic carbocycles. The Bertz CT molecular complexity index is 469. The lowest BCUT2D eigenvalue weighted by Gasteiger charge is -2.11. The van der Waals surface area contributed by atoms with Crippen LogP contribution in [0.3, 0.4) is 0 Å². The average molecular weight is 297 g/mol. The van der Waals surface area contributed by atoms with E-state index in [4.69, 9.17) is 5.53 Å². The van der Waals surface area contributed by atoms with Crippen LogP contribution in [-0.4, -0.2) is 12.1 Å². The summed E-state index contributed by atoms with van der Waals surface area (Å²) in [7, 11) is 0. The van der Waals surface area contributed by atoms with Crippen molar-refractivity contribution in [3.05, 3.63) is 45.3 Å². The first kappa shape index (κ1) is 13.5. The van der Waals surface area contributed by atoms with E-state index in [9.17, 15) is 4.79 Å². The Morgan fingerprint density at radius 3 is 2.94 bits per heavy atom. The van der Waals surface area contributed by atoms with Crippen LogP contribution >= 0.6 is 15.9 Å². The predicted octanol–water partition coefficient (Wildman–Crippen LogP) is 3.28. The highest BCUT2D eigenvalue weighted by molar-refractivity contribution is 9.08. The second-order valence-electron chi connectivity index (χ2n) is 3.65. The van der Waals surface area contributed by atoms with Crippen molar-refractivity contribution >= 4 is 21.8 Å². The maximum atomic E-state index is 11.9. The van der Waals surface area contributed by atoms with Gasteiger partial charge in [-0.15, -0.1) is 0 Å². The molecule has 0 aromatic heterocycles. The number of nitrogens with zero attached hydrogens (tertiary/aromatic N) is 3. The van der Waals surface area contributed by atoms with E-state index in [-0.39, 0.29) is 5.91 Å². The van der Waals surface area contributed by atoms with E-state index < -0.39 is 6.17 Å². The lowest BCUT2D eigenvalue weighted by atomic mass is 10.1. The summed E-state index contributed by atoms with van der Waals surface area (Å²) < 4.78 is 0. The molecule has 0 fully saturated rings. The quantitative estimate of drug-likeness (QED) is 0.393. The van der Waals surface area contributed by atoms with Crippen LogP contribution in [0, 0.1) is 6.92 Å². The minimum absolute atomic E-state index is 0.237. The smallest absolute Gasteiger partial charge is 0.251 e. The van der Waals surface area contributed by atoms with Crippen LogP contribution < -0.4 is 5.32 Å². The van der Waals surface area contributed by atoms with Gasteiger partial charge in [0.1, 0.15) is 6.17 Å². The Hall–Kier alpha value is -1.52. The Kier molecular flexibility index (Phi) is 5.00. The van der Waals surface area contributed by atoms with Gasteiger partial charge in [-0.25, -0.2) is 0 Å². The molecule has 1 aromatic rings. The molecule has 0 aliphatic heterocycles. The number of carbonyl (C=O) groups excluding carboxylic acids is 1. The van der Waals surface area contributed by atoms with Crippen LogP contribution in [0.4, 0.5) is 0 Å². The van der Waals surface area contributed by atoms with Crippen LogP contribution in [0.1, 0.15) is 28.4 Å². The second kappa shape index (κ2) is 6.27. The topological polar surface area (TPSA) is 77.9 Å². The van der Waals surface area contributed by atoms with Gasteiger partial charge in [-0.05, 0) is 31.0 Å². The van der Waals surface area contributed by atoms with E-state index in [1.54, 1.807) is 13.0 Å². The summed E-state index contributed by atoms with van der Waals surface area (Å²) in [6, 6.07) is 5.59. The number of azide groups is 1. The van der Waals surface area contributed by atoms with Crippen molar-refractivity contribution in [2.24, 2.45) is 5.11 Å². The summed E-state index contributed by atoms with van der Waals surface area (Å²) in [4.78, 5) is 14.5. The number of hydrogen-bond acceptors (Lipinski definition) is 2. The molecule has 90 valence electrons. The predicted molar refractivity (Wildman–Crippen MR) is 69.9 cm³/mol. The Balaban J connectivity index is 2.92. The number of benzene rings is 1. The third-order valence-electron chi connectivity index (χ3n) is 2.21. The summed E-state index contributed by atoms with van der Waals surface area (Å²) >= 11 is 3.35. The lowest BCUT2D eigenvalue weighted by Crippen LogP contribution is -2.31. The number of rotatable bonds is 4. The van der Waals surface area contributed by atoms with Gasteiger partial charge in [0.2, 0.25) is 0 Å². The van der Waals surface area contributed by atoms with Crippen LogP contribution in [0.15, 0.2) is 23.3 Å². The minimum Gasteiger partial charge on any atom is -0.344 e. The van der Waals surface area contributed by atoms with Gasteiger partial charge in [-0.1, -0.05) is 38.7 Å². The third-order valence-corrected chi connectivity index (χ3v) is 2.82. The molecule has 5 nitrogen and oxygen atoms in total. The zero-order valence-electron chi connectivity index (χ0n) is 9.64. The van der Waals surface area contributed by atoms with Gasteiger partial charge >= 0.3 is 0 Å². The van der Waals surface area contributed by atoms with Gasteiger partial charge < -0.3 is 5.32 Å². The molecular weight excluding hydrogens is 284 g/mol. The zero-order chi connectivity index (χ0) is 12.8. The van der Waals surface area contributed by atoms with E-state index in [2.05, 4.69) is 31.3 Å². The van der Waals surface area contributed by atoms with Gasteiger partial charge in [0.05, 0.1) is 0 Å². The number of nitrogens with one attached hydrogen (secondary N) is 1. The van der Waals surface area contributed by atoms with E-state index in [1.165, 1.54) is 0 Å². The number of aryl methyl sites for hydroxylation is 1. The van der Waals surface area contributed by atoms with Crippen LogP contribution in [0.2, 0.25) is 0 Å². The maximum absolute atomic E-state index is 11.9. The normalized spacial score (nSPS) is 11.5. The fourth-order valence-corrected chi connectivity index (χ4v) is 1.89. The highest BCUT2D eigenvalue weighted by Crippen LogP contribution is 2.15. The molecule has 0 heterocycles. The summed E-state index contributed by atoms with van der Waals surface area (Å²) in [6.07, 6.45) is -0.558. The van der Waals surface area contributed by atoms with Crippen LogP contribution in [-0.2, 0) is 5.33 Å². The summed E-state index contributed by atoms with van der Waals surface area (Å²) in [5, 5.41) is 6.62. The highest BCUT2D eigenvalue weighted by atomic mass is 79.9.